The molecular formula is C15H16NOS+. The van der Waals surface area contributed by atoms with Crippen LogP contribution in [-0.2, 0) is 6.54 Å². The average molecular weight is 258 g/mol. The second kappa shape index (κ2) is 4.67. The minimum absolute atomic E-state index is 0.247. The highest BCUT2D eigenvalue weighted by molar-refractivity contribution is 7.18. The van der Waals surface area contributed by atoms with Crippen LogP contribution in [0.4, 0.5) is 0 Å². The third kappa shape index (κ3) is 1.89. The summed E-state index contributed by atoms with van der Waals surface area (Å²) in [6.45, 7) is 3.28. The Hall–Kier alpha value is -1.45. The number of aryl methyl sites for hydroxylation is 2. The molecule has 0 bridgehead atoms. The molecule has 18 heavy (non-hydrogen) atoms. The molecule has 0 aliphatic rings. The van der Waals surface area contributed by atoms with Crippen molar-refractivity contribution >= 4 is 32.3 Å². The van der Waals surface area contributed by atoms with E-state index >= 15 is 0 Å². The third-order valence-corrected chi connectivity index (χ3v) is 4.36. The van der Waals surface area contributed by atoms with Gasteiger partial charge in [-0.3, -0.25) is 0 Å². The summed E-state index contributed by atoms with van der Waals surface area (Å²) in [5.74, 6) is 0. The van der Waals surface area contributed by atoms with Gasteiger partial charge < -0.3 is 5.11 Å². The maximum Gasteiger partial charge on any atom is 0.235 e. The Morgan fingerprint density at radius 2 is 1.89 bits per heavy atom. The summed E-state index contributed by atoms with van der Waals surface area (Å²) in [6.07, 6.45) is 0.810. The molecule has 0 saturated carbocycles. The van der Waals surface area contributed by atoms with Crippen LogP contribution in [0.1, 0.15) is 11.4 Å². The van der Waals surface area contributed by atoms with Crippen LogP contribution in [0, 0.1) is 6.92 Å². The lowest BCUT2D eigenvalue weighted by Gasteiger charge is -1.97. The van der Waals surface area contributed by atoms with Crippen LogP contribution in [-0.4, -0.2) is 11.7 Å². The summed E-state index contributed by atoms with van der Waals surface area (Å²) >= 11 is 1.83. The van der Waals surface area contributed by atoms with Crippen LogP contribution >= 0.6 is 11.3 Å². The van der Waals surface area contributed by atoms with Crippen LogP contribution in [0.2, 0.25) is 0 Å². The zero-order valence-electron chi connectivity index (χ0n) is 10.4. The van der Waals surface area contributed by atoms with E-state index in [1.165, 1.54) is 26.0 Å². The quantitative estimate of drug-likeness (QED) is 0.717. The van der Waals surface area contributed by atoms with Gasteiger partial charge in [-0.25, -0.2) is 0 Å². The molecule has 3 aromatic rings. The van der Waals surface area contributed by atoms with E-state index in [1.807, 2.05) is 11.3 Å². The monoisotopic (exact) mass is 258 g/mol. The highest BCUT2D eigenvalue weighted by Crippen LogP contribution is 2.26. The molecule has 0 radical (unpaired) electrons. The number of hydrogen-bond donors (Lipinski definition) is 1. The topological polar surface area (TPSA) is 24.1 Å². The van der Waals surface area contributed by atoms with Gasteiger partial charge in [0.2, 0.25) is 10.5 Å². The first-order valence-corrected chi connectivity index (χ1v) is 7.04. The van der Waals surface area contributed by atoms with Crippen LogP contribution in [0.5, 0.6) is 0 Å². The van der Waals surface area contributed by atoms with Crippen LogP contribution in [0.3, 0.4) is 0 Å². The zero-order chi connectivity index (χ0) is 12.5. The summed E-state index contributed by atoms with van der Waals surface area (Å²) in [5, 5.41) is 12.9. The fourth-order valence-corrected chi connectivity index (χ4v) is 3.47. The normalized spacial score (nSPS) is 11.4. The van der Waals surface area contributed by atoms with Gasteiger partial charge >= 0.3 is 0 Å². The Balaban J connectivity index is 2.23. The first kappa shape index (κ1) is 11.6. The third-order valence-electron chi connectivity index (χ3n) is 3.30. The Labute approximate surface area is 110 Å². The molecular weight excluding hydrogens is 242 g/mol. The molecule has 2 nitrogen and oxygen atoms in total. The Bertz CT molecular complexity index is 702. The number of aliphatic hydroxyl groups is 1. The molecule has 2 aromatic carbocycles. The number of rotatable bonds is 3. The lowest BCUT2D eigenvalue weighted by atomic mass is 10.1. The maximum atomic E-state index is 8.99. The molecule has 0 fully saturated rings. The second-order valence-electron chi connectivity index (χ2n) is 4.52. The van der Waals surface area contributed by atoms with Crippen LogP contribution in [0.25, 0.3) is 21.0 Å². The molecule has 92 valence electrons. The number of hydrogen-bond acceptors (Lipinski definition) is 2. The summed E-state index contributed by atoms with van der Waals surface area (Å²) in [4.78, 5) is 0. The van der Waals surface area contributed by atoms with E-state index in [1.54, 1.807) is 0 Å². The minimum atomic E-state index is 0.247. The van der Waals surface area contributed by atoms with Crippen molar-refractivity contribution in [3.05, 3.63) is 41.4 Å². The molecule has 0 spiro atoms. The predicted octanol–water partition coefficient (Wildman–Crippen LogP) is 3.03. The molecule has 0 unspecified atom stereocenters. The fraction of sp³-hybridized carbons (Fsp3) is 0.267. The highest BCUT2D eigenvalue weighted by atomic mass is 32.1. The molecule has 1 heterocycles. The van der Waals surface area contributed by atoms with E-state index in [9.17, 15) is 0 Å². The SMILES string of the molecule is Cc1sc2cc3ccccc3cc2[n+]1CCCO. The standard InChI is InChI=1S/C15H16NOS/c1-11-16(7-4-8-17)14-9-12-5-2-3-6-13(12)10-15(14)18-11/h2-3,5-6,9-10,17H,4,7-8H2,1H3/q+1. The van der Waals surface area contributed by atoms with Crippen LogP contribution < -0.4 is 4.57 Å². The van der Waals surface area contributed by atoms with Gasteiger partial charge in [0.15, 0.2) is 6.54 Å². The van der Waals surface area contributed by atoms with Crippen LogP contribution in [0.15, 0.2) is 36.4 Å². The Kier molecular flexibility index (Phi) is 3.02. The molecule has 1 aromatic heterocycles. The van der Waals surface area contributed by atoms with E-state index in [2.05, 4.69) is 47.9 Å². The first-order chi connectivity index (χ1) is 8.79. The Morgan fingerprint density at radius 1 is 1.17 bits per heavy atom. The van der Waals surface area contributed by atoms with Crippen molar-refractivity contribution in [3.63, 3.8) is 0 Å². The summed E-state index contributed by atoms with van der Waals surface area (Å²) < 4.78 is 3.63. The van der Waals surface area contributed by atoms with Gasteiger partial charge in [0.05, 0.1) is 0 Å². The minimum Gasteiger partial charge on any atom is -0.396 e. The van der Waals surface area contributed by atoms with Crippen molar-refractivity contribution in [2.75, 3.05) is 6.61 Å². The van der Waals surface area contributed by atoms with Crippen molar-refractivity contribution in [1.82, 2.24) is 0 Å². The fourth-order valence-electron chi connectivity index (χ4n) is 2.39. The van der Waals surface area contributed by atoms with Crippen molar-refractivity contribution in [2.45, 2.75) is 19.9 Å². The molecule has 3 heteroatoms. The van der Waals surface area contributed by atoms with E-state index in [0.717, 1.165) is 13.0 Å². The molecule has 0 aliphatic heterocycles. The van der Waals surface area contributed by atoms with Crippen molar-refractivity contribution in [1.29, 1.82) is 0 Å². The Morgan fingerprint density at radius 3 is 2.61 bits per heavy atom. The van der Waals surface area contributed by atoms with Gasteiger partial charge in [-0.1, -0.05) is 35.6 Å². The largest absolute Gasteiger partial charge is 0.396 e. The molecule has 0 atom stereocenters. The van der Waals surface area contributed by atoms with Gasteiger partial charge in [-0.05, 0) is 16.8 Å². The predicted molar refractivity (Wildman–Crippen MR) is 76.0 cm³/mol. The van der Waals surface area contributed by atoms with Crippen molar-refractivity contribution in [3.8, 4) is 0 Å². The van der Waals surface area contributed by atoms with Gasteiger partial charge in [-0.15, -0.1) is 0 Å². The number of benzene rings is 2. The number of nitrogens with zero attached hydrogens (tertiary/aromatic N) is 1. The number of thiazole rings is 1. The van der Waals surface area contributed by atoms with Gasteiger partial charge in [0.25, 0.3) is 0 Å². The number of aliphatic hydroxyl groups excluding tert-OH is 1. The van der Waals surface area contributed by atoms with E-state index < -0.39 is 0 Å². The average Bonchev–Trinajstić information content (AvgIpc) is 2.68. The molecule has 0 aliphatic carbocycles. The molecule has 0 amide bonds. The highest BCUT2D eigenvalue weighted by Gasteiger charge is 2.17. The van der Waals surface area contributed by atoms with E-state index in [0.29, 0.717) is 0 Å². The lowest BCUT2D eigenvalue weighted by molar-refractivity contribution is -0.673. The molecule has 1 N–H and O–H groups in total. The van der Waals surface area contributed by atoms with Gasteiger partial charge in [-0.2, -0.15) is 4.57 Å². The summed E-state index contributed by atoms with van der Waals surface area (Å²) in [6, 6.07) is 13.0. The number of aromatic nitrogens is 1. The lowest BCUT2D eigenvalue weighted by Crippen LogP contribution is -2.35. The summed E-state index contributed by atoms with van der Waals surface area (Å²) in [5.41, 5.74) is 1.28. The first-order valence-electron chi connectivity index (χ1n) is 6.22. The van der Waals surface area contributed by atoms with Gasteiger partial charge in [0.1, 0.15) is 4.70 Å². The van der Waals surface area contributed by atoms with Gasteiger partial charge in [0, 0.05) is 26.0 Å². The van der Waals surface area contributed by atoms with Crippen molar-refractivity contribution < 1.29 is 9.67 Å². The number of fused-ring (bicyclic) bond motifs is 2. The summed E-state index contributed by atoms with van der Waals surface area (Å²) in [7, 11) is 0. The molecule has 3 rings (SSSR count). The second-order valence-corrected chi connectivity index (χ2v) is 5.75. The maximum absolute atomic E-state index is 8.99. The van der Waals surface area contributed by atoms with Crippen molar-refractivity contribution in [2.24, 2.45) is 0 Å². The smallest absolute Gasteiger partial charge is 0.235 e. The zero-order valence-corrected chi connectivity index (χ0v) is 11.2. The van der Waals surface area contributed by atoms with E-state index in [-0.39, 0.29) is 6.61 Å². The van der Waals surface area contributed by atoms with E-state index in [4.69, 9.17) is 5.11 Å². The molecule has 0 saturated heterocycles.